The smallest absolute Gasteiger partial charge is 0.375 e. The molecule has 23 heavy (non-hydrogen) atoms. The minimum absolute atomic E-state index is 0.112. The van der Waals surface area contributed by atoms with E-state index in [1.807, 2.05) is 6.92 Å². The van der Waals surface area contributed by atoms with E-state index in [1.165, 1.54) is 0 Å². The first kappa shape index (κ1) is 19.1. The molecule has 0 aliphatic rings. The summed E-state index contributed by atoms with van der Waals surface area (Å²) >= 11 is 0. The van der Waals surface area contributed by atoms with Gasteiger partial charge in [-0.3, -0.25) is 4.79 Å². The highest BCUT2D eigenvalue weighted by molar-refractivity contribution is 6.15. The van der Waals surface area contributed by atoms with Crippen LogP contribution in [0.5, 0.6) is 5.75 Å². The molecule has 6 nitrogen and oxygen atoms in total. The number of Topliss-reactive ketones (excluding diaryl/α,β-unsaturated/α-hetero) is 1. The molecule has 0 N–H and O–H groups in total. The van der Waals surface area contributed by atoms with Crippen molar-refractivity contribution in [2.24, 2.45) is 0 Å². The Bertz CT molecular complexity index is 520. The van der Waals surface area contributed by atoms with Gasteiger partial charge in [0.15, 0.2) is 0 Å². The van der Waals surface area contributed by atoms with Crippen molar-refractivity contribution in [1.82, 2.24) is 0 Å². The van der Waals surface area contributed by atoms with Crippen LogP contribution in [0.4, 0.5) is 0 Å². The fourth-order valence-corrected chi connectivity index (χ4v) is 2.13. The second-order valence-electron chi connectivity index (χ2n) is 4.46. The first-order valence-electron chi connectivity index (χ1n) is 7.79. The van der Waals surface area contributed by atoms with Crippen molar-refractivity contribution < 1.29 is 28.5 Å². The number of carbonyl (C=O) groups excluding carboxylic acids is 2. The fourth-order valence-electron chi connectivity index (χ4n) is 2.13. The highest BCUT2D eigenvalue weighted by atomic mass is 16.7. The summed E-state index contributed by atoms with van der Waals surface area (Å²) in [4.78, 5) is 25.4. The molecule has 1 aromatic carbocycles. The van der Waals surface area contributed by atoms with E-state index in [1.54, 1.807) is 45.0 Å². The van der Waals surface area contributed by atoms with Crippen LogP contribution in [0.3, 0.4) is 0 Å². The van der Waals surface area contributed by atoms with Crippen molar-refractivity contribution in [1.29, 1.82) is 0 Å². The second-order valence-corrected chi connectivity index (χ2v) is 4.46. The Hall–Kier alpha value is -1.92. The highest BCUT2D eigenvalue weighted by Crippen LogP contribution is 2.28. The lowest BCUT2D eigenvalue weighted by atomic mass is 10.0. The maximum atomic E-state index is 13.0. The molecule has 0 unspecified atom stereocenters. The number of ketones is 1. The molecule has 0 bridgehead atoms. The Morgan fingerprint density at radius 3 is 2.04 bits per heavy atom. The van der Waals surface area contributed by atoms with Gasteiger partial charge in [0.05, 0.1) is 18.8 Å². The van der Waals surface area contributed by atoms with Crippen LogP contribution in [-0.2, 0) is 19.0 Å². The molecule has 128 valence electrons. The van der Waals surface area contributed by atoms with Gasteiger partial charge in [0.1, 0.15) is 5.75 Å². The Morgan fingerprint density at radius 2 is 1.52 bits per heavy atom. The van der Waals surface area contributed by atoms with Gasteiger partial charge in [0, 0.05) is 13.2 Å². The molecule has 0 atom stereocenters. The molecular weight excluding hydrogens is 300 g/mol. The lowest BCUT2D eigenvalue weighted by Gasteiger charge is -2.29. The van der Waals surface area contributed by atoms with Crippen molar-refractivity contribution in [3.63, 3.8) is 0 Å². The topological polar surface area (TPSA) is 71.1 Å². The van der Waals surface area contributed by atoms with Crippen molar-refractivity contribution in [2.75, 3.05) is 26.4 Å². The highest BCUT2D eigenvalue weighted by Gasteiger charge is 2.51. The fraction of sp³-hybridized carbons (Fsp3) is 0.529. The van der Waals surface area contributed by atoms with Crippen LogP contribution in [-0.4, -0.2) is 44.0 Å². The van der Waals surface area contributed by atoms with Crippen molar-refractivity contribution in [2.45, 2.75) is 33.5 Å². The Morgan fingerprint density at radius 1 is 0.913 bits per heavy atom. The normalized spacial score (nSPS) is 11.1. The van der Waals surface area contributed by atoms with Gasteiger partial charge in [-0.15, -0.1) is 0 Å². The van der Waals surface area contributed by atoms with Crippen LogP contribution < -0.4 is 4.74 Å². The molecule has 1 aromatic rings. The number of esters is 1. The van der Waals surface area contributed by atoms with Crippen molar-refractivity contribution >= 4 is 11.8 Å². The second kappa shape index (κ2) is 9.27. The minimum atomic E-state index is -2.12. The van der Waals surface area contributed by atoms with Gasteiger partial charge in [-0.1, -0.05) is 12.1 Å². The van der Waals surface area contributed by atoms with Crippen molar-refractivity contribution in [3.8, 4) is 5.75 Å². The average molecular weight is 324 g/mol. The summed E-state index contributed by atoms with van der Waals surface area (Å²) in [7, 11) is 0. The van der Waals surface area contributed by atoms with Gasteiger partial charge in [-0.25, -0.2) is 4.79 Å². The first-order chi connectivity index (χ1) is 11.1. The summed E-state index contributed by atoms with van der Waals surface area (Å²) in [5.41, 5.74) is 0.212. The Kier molecular flexibility index (Phi) is 7.71. The zero-order valence-electron chi connectivity index (χ0n) is 14.1. The van der Waals surface area contributed by atoms with Crippen LogP contribution in [0.2, 0.25) is 0 Å². The number of benzene rings is 1. The van der Waals surface area contributed by atoms with Crippen LogP contribution in [0, 0.1) is 0 Å². The third kappa shape index (κ3) is 4.30. The predicted octanol–water partition coefficient (Wildman–Crippen LogP) is 2.60. The summed E-state index contributed by atoms with van der Waals surface area (Å²) in [5.74, 6) is -3.25. The minimum Gasteiger partial charge on any atom is -0.493 e. The molecule has 0 radical (unpaired) electrons. The molecule has 0 aliphatic heterocycles. The Balaban J connectivity index is 3.35. The lowest BCUT2D eigenvalue weighted by Crippen LogP contribution is -2.52. The maximum absolute atomic E-state index is 13.0. The van der Waals surface area contributed by atoms with Gasteiger partial charge in [0.2, 0.25) is 5.78 Å². The third-order valence-corrected chi connectivity index (χ3v) is 2.97. The molecule has 6 heteroatoms. The summed E-state index contributed by atoms with van der Waals surface area (Å²) < 4.78 is 21.3. The van der Waals surface area contributed by atoms with Crippen LogP contribution >= 0.6 is 0 Å². The number of carbonyl (C=O) groups is 2. The molecule has 0 amide bonds. The van der Waals surface area contributed by atoms with E-state index in [2.05, 4.69) is 0 Å². The third-order valence-electron chi connectivity index (χ3n) is 2.97. The molecule has 0 aliphatic carbocycles. The Labute approximate surface area is 136 Å². The largest absolute Gasteiger partial charge is 0.493 e. The zero-order chi connectivity index (χ0) is 17.3. The van der Waals surface area contributed by atoms with E-state index < -0.39 is 17.5 Å². The van der Waals surface area contributed by atoms with E-state index in [-0.39, 0.29) is 25.4 Å². The standard InChI is InChI=1S/C17H24O6/c1-5-20-14-12-10-9-11-13(14)15(18)17(22-7-3,23-8-4)16(19)21-6-2/h9-12H,5-8H2,1-4H3. The molecule has 0 saturated heterocycles. The SMILES string of the molecule is CCOC(=O)C(OCC)(OCC)C(=O)c1ccccc1OCC. The monoisotopic (exact) mass is 324 g/mol. The van der Waals surface area contributed by atoms with Crippen LogP contribution in [0.1, 0.15) is 38.1 Å². The number of rotatable bonds is 10. The van der Waals surface area contributed by atoms with Gasteiger partial charge in [0.25, 0.3) is 0 Å². The van der Waals surface area contributed by atoms with Crippen LogP contribution in [0.15, 0.2) is 24.3 Å². The van der Waals surface area contributed by atoms with Crippen LogP contribution in [0.25, 0.3) is 0 Å². The van der Waals surface area contributed by atoms with E-state index in [0.29, 0.717) is 12.4 Å². The van der Waals surface area contributed by atoms with E-state index in [0.717, 1.165) is 0 Å². The zero-order valence-corrected chi connectivity index (χ0v) is 14.1. The van der Waals surface area contributed by atoms with E-state index in [9.17, 15) is 9.59 Å². The van der Waals surface area contributed by atoms with Gasteiger partial charge in [-0.2, -0.15) is 0 Å². The van der Waals surface area contributed by atoms with Crippen molar-refractivity contribution in [3.05, 3.63) is 29.8 Å². The lowest BCUT2D eigenvalue weighted by molar-refractivity contribution is -0.222. The summed E-state index contributed by atoms with van der Waals surface area (Å²) in [6.45, 7) is 7.54. The predicted molar refractivity (Wildman–Crippen MR) is 84.6 cm³/mol. The summed E-state index contributed by atoms with van der Waals surface area (Å²) in [5, 5.41) is 0. The molecule has 0 spiro atoms. The molecule has 0 fully saturated rings. The molecule has 0 heterocycles. The molecule has 0 aromatic heterocycles. The van der Waals surface area contributed by atoms with Gasteiger partial charge < -0.3 is 18.9 Å². The van der Waals surface area contributed by atoms with E-state index >= 15 is 0 Å². The molecular formula is C17H24O6. The maximum Gasteiger partial charge on any atom is 0.375 e. The number of hydrogen-bond acceptors (Lipinski definition) is 6. The van der Waals surface area contributed by atoms with E-state index in [4.69, 9.17) is 18.9 Å². The van der Waals surface area contributed by atoms with Gasteiger partial charge in [-0.05, 0) is 39.8 Å². The quantitative estimate of drug-likeness (QED) is 0.285. The molecule has 0 saturated carbocycles. The number of para-hydroxylation sites is 1. The average Bonchev–Trinajstić information content (AvgIpc) is 2.55. The summed E-state index contributed by atoms with van der Waals surface area (Å²) in [6.07, 6.45) is 0. The first-order valence-corrected chi connectivity index (χ1v) is 7.79. The van der Waals surface area contributed by atoms with Gasteiger partial charge >= 0.3 is 11.8 Å². The number of ether oxygens (including phenoxy) is 4. The summed E-state index contributed by atoms with van der Waals surface area (Å²) in [6, 6.07) is 6.66. The molecule has 1 rings (SSSR count). The number of hydrogen-bond donors (Lipinski definition) is 0.